The predicted octanol–water partition coefficient (Wildman–Crippen LogP) is 4.56. The van der Waals surface area contributed by atoms with Gasteiger partial charge in [-0.1, -0.05) is 78.9 Å². The minimum absolute atomic E-state index is 0.112. The molecule has 0 aliphatic carbocycles. The molecule has 0 saturated heterocycles. The summed E-state index contributed by atoms with van der Waals surface area (Å²) in [5.41, 5.74) is 2.71. The zero-order valence-corrected chi connectivity index (χ0v) is 13.5. The average molecular weight is 324 g/mol. The van der Waals surface area contributed by atoms with Crippen LogP contribution in [0.3, 0.4) is 0 Å². The van der Waals surface area contributed by atoms with E-state index in [2.05, 4.69) is 5.10 Å². The van der Waals surface area contributed by atoms with Crippen molar-refractivity contribution in [1.82, 2.24) is 9.78 Å². The van der Waals surface area contributed by atoms with Gasteiger partial charge in [-0.05, 0) is 17.7 Å². The Morgan fingerprint density at radius 1 is 0.760 bits per heavy atom. The molecule has 0 aliphatic rings. The van der Waals surface area contributed by atoms with E-state index in [9.17, 15) is 4.79 Å². The van der Waals surface area contributed by atoms with Gasteiger partial charge in [0, 0.05) is 10.9 Å². The van der Waals surface area contributed by atoms with E-state index in [4.69, 9.17) is 0 Å². The van der Waals surface area contributed by atoms with Gasteiger partial charge in [-0.25, -0.2) is 0 Å². The summed E-state index contributed by atoms with van der Waals surface area (Å²) in [5.74, 6) is 0. The lowest BCUT2D eigenvalue weighted by Gasteiger charge is -2.09. The number of rotatable bonds is 3. The van der Waals surface area contributed by atoms with Crippen molar-refractivity contribution in [2.24, 2.45) is 0 Å². The Balaban J connectivity index is 1.83. The lowest BCUT2D eigenvalue weighted by atomic mass is 10.1. The second-order valence-electron chi connectivity index (χ2n) is 5.75. The van der Waals surface area contributed by atoms with Gasteiger partial charge in [0.05, 0.1) is 17.3 Å². The first-order valence-corrected chi connectivity index (χ1v) is 8.12. The van der Waals surface area contributed by atoms with E-state index in [0.717, 1.165) is 22.2 Å². The number of aromatic nitrogens is 2. The fourth-order valence-electron chi connectivity index (χ4n) is 2.83. The molecule has 4 aromatic rings. The van der Waals surface area contributed by atoms with Crippen molar-refractivity contribution in [3.8, 4) is 5.69 Å². The summed E-state index contributed by atoms with van der Waals surface area (Å²) in [6.45, 7) is 0. The van der Waals surface area contributed by atoms with Gasteiger partial charge in [0.1, 0.15) is 0 Å². The monoisotopic (exact) mass is 324 g/mol. The Morgan fingerprint density at radius 2 is 1.48 bits per heavy atom. The third kappa shape index (κ3) is 3.00. The molecule has 4 rings (SSSR count). The van der Waals surface area contributed by atoms with Crippen molar-refractivity contribution in [2.75, 3.05) is 0 Å². The number of hydrogen-bond acceptors (Lipinski definition) is 2. The van der Waals surface area contributed by atoms with Crippen molar-refractivity contribution >= 4 is 22.9 Å². The molecule has 0 N–H and O–H groups in total. The SMILES string of the molecule is O=c1c2ccccc2cnn1-c1ccccc1/C=C/c1ccccc1. The van der Waals surface area contributed by atoms with E-state index in [-0.39, 0.29) is 5.56 Å². The summed E-state index contributed by atoms with van der Waals surface area (Å²) in [7, 11) is 0. The second-order valence-corrected chi connectivity index (χ2v) is 5.75. The molecule has 0 atom stereocenters. The molecule has 0 amide bonds. The third-order valence-corrected chi connectivity index (χ3v) is 4.12. The van der Waals surface area contributed by atoms with Crippen LogP contribution in [0, 0.1) is 0 Å². The van der Waals surface area contributed by atoms with Crippen molar-refractivity contribution in [2.45, 2.75) is 0 Å². The van der Waals surface area contributed by atoms with Gasteiger partial charge in [0.25, 0.3) is 5.56 Å². The number of hydrogen-bond donors (Lipinski definition) is 0. The Kier molecular flexibility index (Phi) is 3.97. The molecule has 0 saturated carbocycles. The molecule has 3 heteroatoms. The van der Waals surface area contributed by atoms with Gasteiger partial charge in [-0.15, -0.1) is 0 Å². The summed E-state index contributed by atoms with van der Waals surface area (Å²) >= 11 is 0. The number of benzene rings is 3. The first-order chi connectivity index (χ1) is 12.3. The van der Waals surface area contributed by atoms with Crippen LogP contribution >= 0.6 is 0 Å². The summed E-state index contributed by atoms with van der Waals surface area (Å²) in [5, 5.41) is 5.88. The Morgan fingerprint density at radius 3 is 2.36 bits per heavy atom. The zero-order valence-electron chi connectivity index (χ0n) is 13.5. The lowest BCUT2D eigenvalue weighted by Crippen LogP contribution is -2.21. The molecular weight excluding hydrogens is 308 g/mol. The second kappa shape index (κ2) is 6.57. The van der Waals surface area contributed by atoms with Crippen molar-refractivity contribution < 1.29 is 0 Å². The van der Waals surface area contributed by atoms with E-state index in [1.807, 2.05) is 91.0 Å². The molecule has 3 aromatic carbocycles. The van der Waals surface area contributed by atoms with Gasteiger partial charge in [0.2, 0.25) is 0 Å². The van der Waals surface area contributed by atoms with Gasteiger partial charge in [-0.2, -0.15) is 9.78 Å². The minimum Gasteiger partial charge on any atom is -0.267 e. The van der Waals surface area contributed by atoms with Crippen molar-refractivity contribution in [3.05, 3.63) is 107 Å². The topological polar surface area (TPSA) is 34.9 Å². The van der Waals surface area contributed by atoms with Crippen molar-refractivity contribution in [1.29, 1.82) is 0 Å². The number of fused-ring (bicyclic) bond motifs is 1. The molecule has 120 valence electrons. The van der Waals surface area contributed by atoms with Crippen molar-refractivity contribution in [3.63, 3.8) is 0 Å². The van der Waals surface area contributed by atoms with Crippen LogP contribution in [0.25, 0.3) is 28.6 Å². The fourth-order valence-corrected chi connectivity index (χ4v) is 2.83. The molecule has 3 nitrogen and oxygen atoms in total. The molecular formula is C22H16N2O. The standard InChI is InChI=1S/C22H16N2O/c25-22-20-12-6-4-11-19(20)16-23-24(22)21-13-7-5-10-18(21)15-14-17-8-2-1-3-9-17/h1-16H/b15-14+. The van der Waals surface area contributed by atoms with Gasteiger partial charge in [-0.3, -0.25) is 4.79 Å². The van der Waals surface area contributed by atoms with Gasteiger partial charge >= 0.3 is 0 Å². The smallest absolute Gasteiger partial charge is 0.267 e. The summed E-state index contributed by atoms with van der Waals surface area (Å²) in [6, 6.07) is 25.3. The lowest BCUT2D eigenvalue weighted by molar-refractivity contribution is 0.819. The first-order valence-electron chi connectivity index (χ1n) is 8.12. The highest BCUT2D eigenvalue weighted by molar-refractivity contribution is 5.81. The minimum atomic E-state index is -0.112. The highest BCUT2D eigenvalue weighted by Crippen LogP contribution is 2.17. The highest BCUT2D eigenvalue weighted by atomic mass is 16.1. The largest absolute Gasteiger partial charge is 0.279 e. The van der Waals surface area contributed by atoms with E-state index in [1.54, 1.807) is 6.20 Å². The fraction of sp³-hybridized carbons (Fsp3) is 0. The number of nitrogens with zero attached hydrogens (tertiary/aromatic N) is 2. The van der Waals surface area contributed by atoms with Crippen LogP contribution in [0.15, 0.2) is 89.9 Å². The van der Waals surface area contributed by atoms with Crippen LogP contribution in [0.2, 0.25) is 0 Å². The zero-order chi connectivity index (χ0) is 17.1. The Bertz CT molecular complexity index is 1110. The molecule has 1 aromatic heterocycles. The van der Waals surface area contributed by atoms with Crippen LogP contribution in [-0.4, -0.2) is 9.78 Å². The molecule has 0 bridgehead atoms. The van der Waals surface area contributed by atoms with Gasteiger partial charge in [0.15, 0.2) is 0 Å². The van der Waals surface area contributed by atoms with Crippen LogP contribution in [0.1, 0.15) is 11.1 Å². The normalized spacial score (nSPS) is 11.2. The van der Waals surface area contributed by atoms with E-state index < -0.39 is 0 Å². The molecule has 1 heterocycles. The third-order valence-electron chi connectivity index (χ3n) is 4.12. The molecule has 0 aliphatic heterocycles. The first kappa shape index (κ1) is 15.1. The van der Waals surface area contributed by atoms with Crippen LogP contribution in [0.5, 0.6) is 0 Å². The molecule has 0 fully saturated rings. The maximum absolute atomic E-state index is 12.8. The summed E-state index contributed by atoms with van der Waals surface area (Å²) < 4.78 is 1.47. The summed E-state index contributed by atoms with van der Waals surface area (Å²) in [6.07, 6.45) is 5.77. The Hall–Kier alpha value is -3.46. The van der Waals surface area contributed by atoms with E-state index in [1.165, 1.54) is 4.68 Å². The number of para-hydroxylation sites is 1. The maximum Gasteiger partial charge on any atom is 0.279 e. The van der Waals surface area contributed by atoms with Crippen LogP contribution in [0.4, 0.5) is 0 Å². The molecule has 0 radical (unpaired) electrons. The van der Waals surface area contributed by atoms with E-state index in [0.29, 0.717) is 5.39 Å². The quantitative estimate of drug-likeness (QED) is 0.518. The Labute approximate surface area is 145 Å². The molecule has 25 heavy (non-hydrogen) atoms. The maximum atomic E-state index is 12.8. The average Bonchev–Trinajstić information content (AvgIpc) is 2.68. The van der Waals surface area contributed by atoms with Crippen LogP contribution in [-0.2, 0) is 0 Å². The highest BCUT2D eigenvalue weighted by Gasteiger charge is 2.08. The summed E-state index contributed by atoms with van der Waals surface area (Å²) in [4.78, 5) is 12.8. The van der Waals surface area contributed by atoms with E-state index >= 15 is 0 Å². The predicted molar refractivity (Wildman–Crippen MR) is 103 cm³/mol. The molecule has 0 unspecified atom stereocenters. The van der Waals surface area contributed by atoms with Gasteiger partial charge < -0.3 is 0 Å². The van der Waals surface area contributed by atoms with Crippen LogP contribution < -0.4 is 5.56 Å². The molecule has 0 spiro atoms.